The monoisotopic (exact) mass is 360 g/mol. The van der Waals surface area contributed by atoms with Crippen molar-refractivity contribution in [3.63, 3.8) is 0 Å². The van der Waals surface area contributed by atoms with Gasteiger partial charge in [0.15, 0.2) is 0 Å². The third-order valence-electron chi connectivity index (χ3n) is 6.07. The molecular weight excluding hydrogens is 320 g/mol. The first-order valence-corrected chi connectivity index (χ1v) is 13.9. The first-order chi connectivity index (χ1) is 10.6. The van der Waals surface area contributed by atoms with Crippen molar-refractivity contribution in [2.75, 3.05) is 46.6 Å². The minimum Gasteiger partial charge on any atom is -0.397 e. The highest BCUT2D eigenvalue weighted by atomic mass is 28.4. The van der Waals surface area contributed by atoms with Crippen molar-refractivity contribution >= 4 is 16.8 Å². The molecule has 0 N–H and O–H groups in total. The summed E-state index contributed by atoms with van der Waals surface area (Å²) in [7, 11) is 0.108. The smallest absolute Gasteiger partial charge is 0.348 e. The predicted octanol–water partition coefficient (Wildman–Crippen LogP) is 3.68. The zero-order valence-electron chi connectivity index (χ0n) is 17.0. The van der Waals surface area contributed by atoms with Crippen molar-refractivity contribution in [3.05, 3.63) is 0 Å². The van der Waals surface area contributed by atoms with Crippen molar-refractivity contribution in [1.82, 2.24) is 9.47 Å². The van der Waals surface area contributed by atoms with E-state index in [1.165, 1.54) is 13.1 Å². The van der Waals surface area contributed by atoms with Crippen LogP contribution in [0, 0.1) is 0 Å². The Balaban J connectivity index is 2.80. The van der Waals surface area contributed by atoms with Crippen LogP contribution in [0.5, 0.6) is 0 Å². The molecule has 0 saturated carbocycles. The summed E-state index contributed by atoms with van der Waals surface area (Å²) in [6, 6.07) is 0. The largest absolute Gasteiger partial charge is 0.397 e. The minimum absolute atomic E-state index is 0.798. The lowest BCUT2D eigenvalue weighted by Gasteiger charge is -2.54. The zero-order valence-corrected chi connectivity index (χ0v) is 19.0. The van der Waals surface area contributed by atoms with Gasteiger partial charge in [-0.05, 0) is 23.2 Å². The molecule has 1 aliphatic rings. The maximum absolute atomic E-state index is 5.67. The molecule has 1 heterocycles. The van der Waals surface area contributed by atoms with Gasteiger partial charge in [0.1, 0.15) is 8.24 Å². The number of piperazine rings is 1. The first-order valence-electron chi connectivity index (χ1n) is 9.21. The summed E-state index contributed by atoms with van der Waals surface area (Å²) in [5.74, 6) is 0. The van der Waals surface area contributed by atoms with Crippen LogP contribution in [0.25, 0.3) is 0 Å². The SMILES string of the molecule is CO[Si](C)(CN1CCN([Si](C(C)C)(C(C)C)C(C)C)CC1)OC. The van der Waals surface area contributed by atoms with Crippen LogP contribution in [0.4, 0.5) is 0 Å². The molecule has 0 bridgehead atoms. The summed E-state index contributed by atoms with van der Waals surface area (Å²) < 4.78 is 14.2. The van der Waals surface area contributed by atoms with Gasteiger partial charge in [-0.2, -0.15) is 0 Å². The van der Waals surface area contributed by atoms with Crippen LogP contribution >= 0.6 is 0 Å². The van der Waals surface area contributed by atoms with E-state index in [1.54, 1.807) is 14.2 Å². The summed E-state index contributed by atoms with van der Waals surface area (Å²) in [5, 5.41) is 0. The van der Waals surface area contributed by atoms with Gasteiger partial charge in [0.05, 0.1) is 0 Å². The van der Waals surface area contributed by atoms with Crippen LogP contribution in [0.15, 0.2) is 0 Å². The number of hydrogen-bond acceptors (Lipinski definition) is 4. The molecule has 6 heteroatoms. The molecule has 1 aliphatic heterocycles. The quantitative estimate of drug-likeness (QED) is 0.616. The molecule has 0 aliphatic carbocycles. The Hall–Kier alpha value is 0.274. The summed E-state index contributed by atoms with van der Waals surface area (Å²) in [6.07, 6.45) is 0.980. The van der Waals surface area contributed by atoms with Gasteiger partial charge in [-0.25, -0.2) is 0 Å². The van der Waals surface area contributed by atoms with E-state index in [-0.39, 0.29) is 0 Å². The summed E-state index contributed by atoms with van der Waals surface area (Å²) >= 11 is 0. The van der Waals surface area contributed by atoms with E-state index >= 15 is 0 Å². The maximum atomic E-state index is 5.67. The summed E-state index contributed by atoms with van der Waals surface area (Å²) in [6.45, 7) is 21.6. The molecule has 1 saturated heterocycles. The Morgan fingerprint density at radius 3 is 1.48 bits per heavy atom. The second-order valence-electron chi connectivity index (χ2n) is 8.16. The minimum atomic E-state index is -2.00. The normalized spacial score (nSPS) is 19.3. The van der Waals surface area contributed by atoms with Gasteiger partial charge < -0.3 is 13.4 Å². The molecule has 138 valence electrons. The van der Waals surface area contributed by atoms with E-state index in [1.807, 2.05) is 0 Å². The maximum Gasteiger partial charge on any atom is 0.348 e. The molecule has 1 fully saturated rings. The Morgan fingerprint density at radius 1 is 0.783 bits per heavy atom. The van der Waals surface area contributed by atoms with Crippen LogP contribution in [0.1, 0.15) is 41.5 Å². The lowest BCUT2D eigenvalue weighted by Crippen LogP contribution is -2.66. The van der Waals surface area contributed by atoms with Gasteiger partial charge in [0, 0.05) is 46.6 Å². The Labute approximate surface area is 146 Å². The van der Waals surface area contributed by atoms with E-state index in [2.05, 4.69) is 57.6 Å². The molecule has 0 aromatic heterocycles. The second kappa shape index (κ2) is 8.58. The molecule has 0 aromatic rings. The molecule has 0 spiro atoms. The van der Waals surface area contributed by atoms with Gasteiger partial charge in [-0.1, -0.05) is 41.5 Å². The van der Waals surface area contributed by atoms with E-state index < -0.39 is 16.8 Å². The summed E-state index contributed by atoms with van der Waals surface area (Å²) in [4.78, 5) is 2.55. The molecular formula is C17H40N2O2Si2. The summed E-state index contributed by atoms with van der Waals surface area (Å²) in [5.41, 5.74) is 2.39. The average molecular weight is 361 g/mol. The average Bonchev–Trinajstić information content (AvgIpc) is 2.48. The highest BCUT2D eigenvalue weighted by Gasteiger charge is 2.48. The number of nitrogens with zero attached hydrogens (tertiary/aromatic N) is 2. The van der Waals surface area contributed by atoms with Gasteiger partial charge >= 0.3 is 8.56 Å². The van der Waals surface area contributed by atoms with Crippen LogP contribution in [-0.4, -0.2) is 72.8 Å². The fraction of sp³-hybridized carbons (Fsp3) is 1.00. The van der Waals surface area contributed by atoms with Gasteiger partial charge in [0.25, 0.3) is 0 Å². The third-order valence-corrected chi connectivity index (χ3v) is 15.9. The lowest BCUT2D eigenvalue weighted by molar-refractivity contribution is 0.164. The van der Waals surface area contributed by atoms with Crippen molar-refractivity contribution in [3.8, 4) is 0 Å². The van der Waals surface area contributed by atoms with Crippen LogP contribution in [0.2, 0.25) is 23.2 Å². The van der Waals surface area contributed by atoms with Gasteiger partial charge in [-0.15, -0.1) is 0 Å². The molecule has 1 rings (SSSR count). The second-order valence-corrected chi connectivity index (χ2v) is 17.4. The lowest BCUT2D eigenvalue weighted by atomic mass is 10.4. The molecule has 0 unspecified atom stereocenters. The van der Waals surface area contributed by atoms with Crippen molar-refractivity contribution < 1.29 is 8.85 Å². The van der Waals surface area contributed by atoms with E-state index in [0.29, 0.717) is 0 Å². The highest BCUT2D eigenvalue weighted by Crippen LogP contribution is 2.44. The van der Waals surface area contributed by atoms with Crippen molar-refractivity contribution in [1.29, 1.82) is 0 Å². The number of hydrogen-bond donors (Lipinski definition) is 0. The van der Waals surface area contributed by atoms with Crippen molar-refractivity contribution in [2.45, 2.75) is 64.7 Å². The van der Waals surface area contributed by atoms with Crippen LogP contribution < -0.4 is 0 Å². The molecule has 0 atom stereocenters. The predicted molar refractivity (Wildman–Crippen MR) is 105 cm³/mol. The Morgan fingerprint density at radius 2 is 1.17 bits per heavy atom. The van der Waals surface area contributed by atoms with E-state index in [9.17, 15) is 0 Å². The first kappa shape index (κ1) is 21.3. The fourth-order valence-corrected chi connectivity index (χ4v) is 13.7. The van der Waals surface area contributed by atoms with E-state index in [4.69, 9.17) is 8.85 Å². The number of rotatable bonds is 8. The van der Waals surface area contributed by atoms with Crippen LogP contribution in [0.3, 0.4) is 0 Å². The molecule has 0 amide bonds. The molecule has 4 nitrogen and oxygen atoms in total. The van der Waals surface area contributed by atoms with Crippen molar-refractivity contribution in [2.24, 2.45) is 0 Å². The molecule has 0 aromatic carbocycles. The van der Waals surface area contributed by atoms with Gasteiger partial charge in [-0.3, -0.25) is 4.90 Å². The highest BCUT2D eigenvalue weighted by molar-refractivity contribution is 6.81. The standard InChI is InChI=1S/C17H40N2O2Si2/c1-15(2)23(16(3)4,17(5)6)19-12-10-18(11-13-19)14-22(9,20-7)21-8/h15-17H,10-14H2,1-9H3. The molecule has 23 heavy (non-hydrogen) atoms. The Kier molecular flexibility index (Phi) is 7.95. The zero-order chi connectivity index (χ0) is 17.8. The Bertz CT molecular complexity index is 331. The van der Waals surface area contributed by atoms with Crippen LogP contribution in [-0.2, 0) is 8.85 Å². The molecule has 0 radical (unpaired) electrons. The van der Waals surface area contributed by atoms with E-state index in [0.717, 1.165) is 35.9 Å². The third kappa shape index (κ3) is 4.47. The topological polar surface area (TPSA) is 24.9 Å². The fourth-order valence-electron chi connectivity index (χ4n) is 5.01. The van der Waals surface area contributed by atoms with Gasteiger partial charge in [0.2, 0.25) is 0 Å².